The lowest BCUT2D eigenvalue weighted by Crippen LogP contribution is -2.28. The largest absolute Gasteiger partial charge is 0.349 e. The SMILES string of the molecule is CC(NC(=O)Cc1ccc(C2(C(F)F)CC2)cc1)c1ccc2c(cnn2C(F)C(F)F)c1. The standard InChI is InChI=1S/C23H22F5N3O/c1-13(15-4-7-18-16(11-15)12-29-31(18)21(26)20(24)25)30-19(32)10-14-2-5-17(6-3-14)23(8-9-23)22(27)28/h2-7,11-13,20-22H,8-10H2,1H3,(H,30,32). The van der Waals surface area contributed by atoms with Gasteiger partial charge < -0.3 is 5.32 Å². The fourth-order valence-corrected chi connectivity index (χ4v) is 3.93. The number of alkyl halides is 5. The molecular weight excluding hydrogens is 429 g/mol. The van der Waals surface area contributed by atoms with Gasteiger partial charge in [-0.05, 0) is 48.6 Å². The van der Waals surface area contributed by atoms with Crippen LogP contribution in [0.5, 0.6) is 0 Å². The van der Waals surface area contributed by atoms with Crippen LogP contribution in [0.2, 0.25) is 0 Å². The summed E-state index contributed by atoms with van der Waals surface area (Å²) in [7, 11) is 0. The Bertz CT molecular complexity index is 1110. The predicted octanol–water partition coefficient (Wildman–Crippen LogP) is 5.49. The number of amides is 1. The molecule has 1 aromatic heterocycles. The summed E-state index contributed by atoms with van der Waals surface area (Å²) < 4.78 is 66.0. The van der Waals surface area contributed by atoms with Gasteiger partial charge in [-0.25, -0.2) is 26.6 Å². The summed E-state index contributed by atoms with van der Waals surface area (Å²) in [6, 6.07) is 11.1. The number of benzene rings is 2. The zero-order valence-corrected chi connectivity index (χ0v) is 17.2. The third kappa shape index (κ3) is 4.20. The molecule has 170 valence electrons. The fraction of sp³-hybridized carbons (Fsp3) is 0.391. The zero-order valence-electron chi connectivity index (χ0n) is 17.2. The lowest BCUT2D eigenvalue weighted by atomic mass is 9.95. The molecule has 0 bridgehead atoms. The van der Waals surface area contributed by atoms with Gasteiger partial charge in [-0.2, -0.15) is 5.10 Å². The number of hydrogen-bond donors (Lipinski definition) is 1. The third-order valence-electron chi connectivity index (χ3n) is 6.04. The number of carbonyl (C=O) groups is 1. The predicted molar refractivity (Wildman–Crippen MR) is 110 cm³/mol. The molecule has 1 amide bonds. The van der Waals surface area contributed by atoms with E-state index >= 15 is 0 Å². The maximum absolute atomic E-state index is 13.6. The minimum Gasteiger partial charge on any atom is -0.349 e. The van der Waals surface area contributed by atoms with Gasteiger partial charge in [0.25, 0.3) is 12.7 Å². The molecule has 1 saturated carbocycles. The first-order valence-corrected chi connectivity index (χ1v) is 10.3. The summed E-state index contributed by atoms with van der Waals surface area (Å²) in [4.78, 5) is 12.5. The minimum absolute atomic E-state index is 0.0877. The first kappa shape index (κ1) is 22.2. The van der Waals surface area contributed by atoms with Crippen LogP contribution in [-0.4, -0.2) is 28.5 Å². The van der Waals surface area contributed by atoms with Crippen LogP contribution >= 0.6 is 0 Å². The number of nitrogens with one attached hydrogen (secondary N) is 1. The maximum Gasteiger partial charge on any atom is 0.289 e. The molecule has 3 aromatic rings. The van der Waals surface area contributed by atoms with Crippen LogP contribution in [0, 0.1) is 0 Å². The lowest BCUT2D eigenvalue weighted by molar-refractivity contribution is -0.121. The second kappa shape index (κ2) is 8.52. The summed E-state index contributed by atoms with van der Waals surface area (Å²) >= 11 is 0. The molecule has 0 spiro atoms. The van der Waals surface area contributed by atoms with Crippen LogP contribution in [0.15, 0.2) is 48.7 Å². The molecule has 1 N–H and O–H groups in total. The number of hydrogen-bond acceptors (Lipinski definition) is 2. The molecule has 1 fully saturated rings. The molecule has 0 saturated heterocycles. The molecule has 2 aromatic carbocycles. The molecule has 1 heterocycles. The van der Waals surface area contributed by atoms with Gasteiger partial charge in [-0.3, -0.25) is 4.79 Å². The van der Waals surface area contributed by atoms with Crippen LogP contribution in [0.1, 0.15) is 48.8 Å². The highest BCUT2D eigenvalue weighted by atomic mass is 19.3. The van der Waals surface area contributed by atoms with Gasteiger partial charge in [0.1, 0.15) is 0 Å². The van der Waals surface area contributed by atoms with Gasteiger partial charge in [0.05, 0.1) is 29.6 Å². The monoisotopic (exact) mass is 451 g/mol. The summed E-state index contributed by atoms with van der Waals surface area (Å²) in [5.74, 6) is -0.252. The van der Waals surface area contributed by atoms with E-state index in [0.29, 0.717) is 39.6 Å². The van der Waals surface area contributed by atoms with E-state index in [9.17, 15) is 26.7 Å². The Morgan fingerprint density at radius 2 is 1.78 bits per heavy atom. The number of rotatable bonds is 8. The molecule has 2 unspecified atom stereocenters. The average molecular weight is 451 g/mol. The Labute approximate surface area is 181 Å². The first-order valence-electron chi connectivity index (χ1n) is 10.3. The maximum atomic E-state index is 13.6. The molecule has 0 radical (unpaired) electrons. The third-order valence-corrected chi connectivity index (χ3v) is 6.04. The van der Waals surface area contributed by atoms with Gasteiger partial charge in [0.2, 0.25) is 12.3 Å². The molecular formula is C23H22F5N3O. The van der Waals surface area contributed by atoms with Crippen molar-refractivity contribution in [1.29, 1.82) is 0 Å². The van der Waals surface area contributed by atoms with Crippen LogP contribution in [-0.2, 0) is 16.6 Å². The molecule has 1 aliphatic rings. The van der Waals surface area contributed by atoms with Gasteiger partial charge in [-0.1, -0.05) is 30.3 Å². The first-order chi connectivity index (χ1) is 15.2. The van der Waals surface area contributed by atoms with Gasteiger partial charge in [0.15, 0.2) is 0 Å². The van der Waals surface area contributed by atoms with Crippen molar-refractivity contribution in [3.63, 3.8) is 0 Å². The van der Waals surface area contributed by atoms with E-state index < -0.39 is 24.6 Å². The Kier molecular flexibility index (Phi) is 5.92. The van der Waals surface area contributed by atoms with E-state index in [-0.39, 0.29) is 23.9 Å². The van der Waals surface area contributed by atoms with Crippen molar-refractivity contribution in [3.8, 4) is 0 Å². The second-order valence-electron chi connectivity index (χ2n) is 8.23. The molecule has 1 aliphatic carbocycles. The zero-order chi connectivity index (χ0) is 23.0. The molecule has 4 rings (SSSR count). The van der Waals surface area contributed by atoms with Crippen molar-refractivity contribution in [2.75, 3.05) is 0 Å². The van der Waals surface area contributed by atoms with E-state index in [1.165, 1.54) is 12.3 Å². The quantitative estimate of drug-likeness (QED) is 0.461. The van der Waals surface area contributed by atoms with E-state index in [1.54, 1.807) is 43.3 Å². The second-order valence-corrected chi connectivity index (χ2v) is 8.23. The normalized spacial score (nSPS) is 17.0. The van der Waals surface area contributed by atoms with Gasteiger partial charge in [0, 0.05) is 5.39 Å². The summed E-state index contributed by atoms with van der Waals surface area (Å²) in [6.07, 6.45) is -5.78. The topological polar surface area (TPSA) is 46.9 Å². The van der Waals surface area contributed by atoms with E-state index in [0.717, 1.165) is 0 Å². The van der Waals surface area contributed by atoms with Crippen molar-refractivity contribution in [1.82, 2.24) is 15.1 Å². The number of nitrogens with zero attached hydrogens (tertiary/aromatic N) is 2. The van der Waals surface area contributed by atoms with Crippen molar-refractivity contribution >= 4 is 16.8 Å². The molecule has 9 heteroatoms. The molecule has 0 aliphatic heterocycles. The highest BCUT2D eigenvalue weighted by Gasteiger charge is 2.52. The number of aromatic nitrogens is 2. The van der Waals surface area contributed by atoms with Gasteiger partial charge in [-0.15, -0.1) is 0 Å². The highest BCUT2D eigenvalue weighted by Crippen LogP contribution is 2.52. The van der Waals surface area contributed by atoms with Gasteiger partial charge >= 0.3 is 0 Å². The Morgan fingerprint density at radius 3 is 2.38 bits per heavy atom. The Morgan fingerprint density at radius 1 is 1.09 bits per heavy atom. The van der Waals surface area contributed by atoms with Crippen LogP contribution in [0.4, 0.5) is 22.0 Å². The van der Waals surface area contributed by atoms with Crippen LogP contribution < -0.4 is 5.32 Å². The summed E-state index contributed by atoms with van der Waals surface area (Å²) in [6.45, 7) is 1.77. The van der Waals surface area contributed by atoms with Crippen molar-refractivity contribution in [2.45, 2.75) is 56.8 Å². The van der Waals surface area contributed by atoms with E-state index in [2.05, 4.69) is 10.4 Å². The minimum atomic E-state index is -3.18. The van der Waals surface area contributed by atoms with Crippen molar-refractivity contribution in [3.05, 3.63) is 65.4 Å². The molecule has 32 heavy (non-hydrogen) atoms. The van der Waals surface area contributed by atoms with Crippen LogP contribution in [0.25, 0.3) is 10.9 Å². The number of carbonyl (C=O) groups excluding carboxylic acids is 1. The lowest BCUT2D eigenvalue weighted by Gasteiger charge is -2.16. The van der Waals surface area contributed by atoms with Crippen molar-refractivity contribution < 1.29 is 26.7 Å². The van der Waals surface area contributed by atoms with E-state index in [4.69, 9.17) is 0 Å². The summed E-state index contributed by atoms with van der Waals surface area (Å²) in [5, 5.41) is 7.03. The Hall–Kier alpha value is -2.97. The smallest absolute Gasteiger partial charge is 0.289 e. The number of fused-ring (bicyclic) bond motifs is 1. The van der Waals surface area contributed by atoms with Crippen molar-refractivity contribution in [2.24, 2.45) is 0 Å². The Balaban J connectivity index is 1.40. The van der Waals surface area contributed by atoms with Crippen LogP contribution in [0.3, 0.4) is 0 Å². The van der Waals surface area contributed by atoms with E-state index in [1.807, 2.05) is 0 Å². The summed E-state index contributed by atoms with van der Waals surface area (Å²) in [5.41, 5.74) is 1.22. The fourth-order valence-electron chi connectivity index (χ4n) is 3.93. The number of halogens is 5. The highest BCUT2D eigenvalue weighted by molar-refractivity contribution is 5.81. The molecule has 2 atom stereocenters. The molecule has 4 nitrogen and oxygen atoms in total. The average Bonchev–Trinajstić information content (AvgIpc) is 3.47.